The maximum absolute atomic E-state index is 11.2. The summed E-state index contributed by atoms with van der Waals surface area (Å²) in [6.45, 7) is 7.61. The molecule has 0 bridgehead atoms. The number of rotatable bonds is 3. The van der Waals surface area contributed by atoms with E-state index < -0.39 is 11.4 Å². The molecule has 1 aliphatic rings. The normalized spacial score (nSPS) is 13.8. The first-order valence-electron chi connectivity index (χ1n) is 5.95. The molecule has 4 heteroatoms. The smallest absolute Gasteiger partial charge is 0.309 e. The Labute approximate surface area is 107 Å². The first-order valence-corrected chi connectivity index (χ1v) is 5.95. The van der Waals surface area contributed by atoms with Crippen molar-refractivity contribution in [2.24, 2.45) is 5.41 Å². The molecule has 1 N–H and O–H groups in total. The van der Waals surface area contributed by atoms with E-state index in [0.29, 0.717) is 12.2 Å². The van der Waals surface area contributed by atoms with Crippen LogP contribution in [0.5, 0.6) is 11.5 Å². The fraction of sp³-hybridized carbons (Fsp3) is 0.500. The highest BCUT2D eigenvalue weighted by molar-refractivity contribution is 5.74. The minimum Gasteiger partial charge on any atom is -0.481 e. The molecule has 0 atom stereocenters. The van der Waals surface area contributed by atoms with Crippen molar-refractivity contribution in [1.82, 2.24) is 0 Å². The van der Waals surface area contributed by atoms with Crippen molar-refractivity contribution in [3.05, 3.63) is 22.8 Å². The maximum atomic E-state index is 11.2. The van der Waals surface area contributed by atoms with Crippen LogP contribution < -0.4 is 9.47 Å². The lowest BCUT2D eigenvalue weighted by molar-refractivity contribution is -0.146. The molecule has 0 aliphatic carbocycles. The quantitative estimate of drug-likeness (QED) is 0.896. The molecule has 4 nitrogen and oxygen atoms in total. The first kappa shape index (κ1) is 12.7. The fourth-order valence-corrected chi connectivity index (χ4v) is 2.09. The van der Waals surface area contributed by atoms with Crippen molar-refractivity contribution in [1.29, 1.82) is 0 Å². The van der Waals surface area contributed by atoms with Gasteiger partial charge in [0.1, 0.15) is 0 Å². The lowest BCUT2D eigenvalue weighted by atomic mass is 9.84. The van der Waals surface area contributed by atoms with Crippen LogP contribution in [0.25, 0.3) is 0 Å². The van der Waals surface area contributed by atoms with E-state index in [0.717, 1.165) is 22.4 Å². The topological polar surface area (TPSA) is 55.8 Å². The van der Waals surface area contributed by atoms with Crippen LogP contribution in [0.3, 0.4) is 0 Å². The number of carboxylic acids is 1. The van der Waals surface area contributed by atoms with E-state index in [1.807, 2.05) is 19.9 Å². The minimum absolute atomic E-state index is 0.208. The van der Waals surface area contributed by atoms with Gasteiger partial charge in [0.25, 0.3) is 0 Å². The Morgan fingerprint density at radius 2 is 1.94 bits per heavy atom. The molecule has 0 unspecified atom stereocenters. The summed E-state index contributed by atoms with van der Waals surface area (Å²) in [5.74, 6) is 0.645. The third kappa shape index (κ3) is 2.03. The molecule has 0 aromatic heterocycles. The zero-order chi connectivity index (χ0) is 13.5. The zero-order valence-corrected chi connectivity index (χ0v) is 11.2. The van der Waals surface area contributed by atoms with Crippen LogP contribution >= 0.6 is 0 Å². The zero-order valence-electron chi connectivity index (χ0n) is 11.2. The molecule has 0 radical (unpaired) electrons. The predicted molar refractivity (Wildman–Crippen MR) is 67.2 cm³/mol. The van der Waals surface area contributed by atoms with Gasteiger partial charge in [0, 0.05) is 0 Å². The van der Waals surface area contributed by atoms with E-state index >= 15 is 0 Å². The number of hydrogen-bond donors (Lipinski definition) is 1. The van der Waals surface area contributed by atoms with Crippen molar-refractivity contribution in [3.8, 4) is 11.5 Å². The van der Waals surface area contributed by atoms with Crippen LogP contribution in [0.1, 0.15) is 30.5 Å². The summed E-state index contributed by atoms with van der Waals surface area (Å²) < 4.78 is 10.9. The second-order valence-corrected chi connectivity index (χ2v) is 5.41. The molecule has 1 heterocycles. The van der Waals surface area contributed by atoms with Gasteiger partial charge in [-0.05, 0) is 50.8 Å². The molecular formula is C14H18O4. The van der Waals surface area contributed by atoms with Gasteiger partial charge in [0.2, 0.25) is 6.79 Å². The van der Waals surface area contributed by atoms with Gasteiger partial charge in [-0.3, -0.25) is 4.79 Å². The van der Waals surface area contributed by atoms with E-state index in [9.17, 15) is 9.90 Å². The second-order valence-electron chi connectivity index (χ2n) is 5.41. The Kier molecular flexibility index (Phi) is 2.97. The highest BCUT2D eigenvalue weighted by atomic mass is 16.7. The molecule has 1 aromatic rings. The van der Waals surface area contributed by atoms with Gasteiger partial charge in [-0.1, -0.05) is 6.07 Å². The van der Waals surface area contributed by atoms with Gasteiger partial charge >= 0.3 is 5.97 Å². The van der Waals surface area contributed by atoms with E-state index in [2.05, 4.69) is 0 Å². The number of fused-ring (bicyclic) bond motifs is 1. The molecule has 0 saturated heterocycles. The van der Waals surface area contributed by atoms with Gasteiger partial charge in [-0.2, -0.15) is 0 Å². The van der Waals surface area contributed by atoms with Gasteiger partial charge in [-0.15, -0.1) is 0 Å². The van der Waals surface area contributed by atoms with Gasteiger partial charge in [0.05, 0.1) is 5.41 Å². The molecule has 0 saturated carbocycles. The molecule has 1 aromatic carbocycles. The maximum Gasteiger partial charge on any atom is 0.309 e. The van der Waals surface area contributed by atoms with Gasteiger partial charge < -0.3 is 14.6 Å². The average Bonchev–Trinajstić information content (AvgIpc) is 2.74. The van der Waals surface area contributed by atoms with Crippen LogP contribution in [0.2, 0.25) is 0 Å². The van der Waals surface area contributed by atoms with Crippen LogP contribution in [-0.4, -0.2) is 17.9 Å². The predicted octanol–water partition coefficient (Wildman–Crippen LogP) is 2.69. The molecular weight excluding hydrogens is 232 g/mol. The number of ether oxygens (including phenoxy) is 2. The third-order valence-electron chi connectivity index (χ3n) is 3.44. The van der Waals surface area contributed by atoms with E-state index in [4.69, 9.17) is 9.47 Å². The first-order chi connectivity index (χ1) is 8.33. The van der Waals surface area contributed by atoms with E-state index in [-0.39, 0.29) is 6.79 Å². The molecule has 18 heavy (non-hydrogen) atoms. The molecule has 0 amide bonds. The third-order valence-corrected chi connectivity index (χ3v) is 3.44. The Bertz CT molecular complexity index is 503. The average molecular weight is 250 g/mol. The Morgan fingerprint density at radius 3 is 2.56 bits per heavy atom. The Hall–Kier alpha value is -1.71. The number of benzene rings is 1. The summed E-state index contributed by atoms with van der Waals surface area (Å²) in [7, 11) is 0. The van der Waals surface area contributed by atoms with Crippen molar-refractivity contribution in [2.75, 3.05) is 6.79 Å². The largest absolute Gasteiger partial charge is 0.481 e. The van der Waals surface area contributed by atoms with Gasteiger partial charge in [-0.25, -0.2) is 0 Å². The number of aryl methyl sites for hydroxylation is 1. The SMILES string of the molecule is Cc1cc(CC(C)(C)C(=O)O)c2c(c1C)OCO2. The summed E-state index contributed by atoms with van der Waals surface area (Å²) in [6, 6.07) is 1.99. The second kappa shape index (κ2) is 4.19. The van der Waals surface area contributed by atoms with Gasteiger partial charge in [0.15, 0.2) is 11.5 Å². The van der Waals surface area contributed by atoms with Crippen LogP contribution in [0, 0.1) is 19.3 Å². The van der Waals surface area contributed by atoms with Crippen LogP contribution in [0.15, 0.2) is 6.07 Å². The molecule has 1 aliphatic heterocycles. The summed E-state index contributed by atoms with van der Waals surface area (Å²) in [4.78, 5) is 11.2. The Balaban J connectivity index is 2.44. The minimum atomic E-state index is -0.818. The highest BCUT2D eigenvalue weighted by Gasteiger charge is 2.31. The van der Waals surface area contributed by atoms with Crippen molar-refractivity contribution in [3.63, 3.8) is 0 Å². The summed E-state index contributed by atoms with van der Waals surface area (Å²) in [5.41, 5.74) is 2.23. The van der Waals surface area contributed by atoms with E-state index in [1.165, 1.54) is 0 Å². The number of carboxylic acid groups (broad SMARTS) is 1. The lowest BCUT2D eigenvalue weighted by Crippen LogP contribution is -2.26. The molecule has 98 valence electrons. The standard InChI is InChI=1S/C14H18O4/c1-8-5-10(6-14(3,4)13(15)16)12-11(9(8)2)17-7-18-12/h5H,6-7H2,1-4H3,(H,15,16). The van der Waals surface area contributed by atoms with E-state index in [1.54, 1.807) is 13.8 Å². The number of hydrogen-bond acceptors (Lipinski definition) is 3. The summed E-state index contributed by atoms with van der Waals surface area (Å²) >= 11 is 0. The summed E-state index contributed by atoms with van der Waals surface area (Å²) in [6.07, 6.45) is 0.426. The molecule has 2 rings (SSSR count). The summed E-state index contributed by atoms with van der Waals surface area (Å²) in [5, 5.41) is 9.20. The van der Waals surface area contributed by atoms with Crippen molar-refractivity contribution in [2.45, 2.75) is 34.1 Å². The monoisotopic (exact) mass is 250 g/mol. The number of aliphatic carboxylic acids is 1. The highest BCUT2D eigenvalue weighted by Crippen LogP contribution is 2.42. The van der Waals surface area contributed by atoms with Crippen LogP contribution in [0.4, 0.5) is 0 Å². The Morgan fingerprint density at radius 1 is 1.33 bits per heavy atom. The molecule has 0 fully saturated rings. The van der Waals surface area contributed by atoms with Crippen LogP contribution in [-0.2, 0) is 11.2 Å². The van der Waals surface area contributed by atoms with Crippen molar-refractivity contribution >= 4 is 5.97 Å². The fourth-order valence-electron chi connectivity index (χ4n) is 2.09. The lowest BCUT2D eigenvalue weighted by Gasteiger charge is -2.20. The molecule has 0 spiro atoms. The van der Waals surface area contributed by atoms with Crippen molar-refractivity contribution < 1.29 is 19.4 Å². The number of carbonyl (C=O) groups is 1.